The fraction of sp³-hybridized carbons (Fsp3) is 0.176. The predicted octanol–water partition coefficient (Wildman–Crippen LogP) is 1.71. The van der Waals surface area contributed by atoms with Gasteiger partial charge in [0.25, 0.3) is 0 Å². The van der Waals surface area contributed by atoms with Crippen LogP contribution < -0.4 is 10.2 Å². The third-order valence-electron chi connectivity index (χ3n) is 3.28. The maximum Gasteiger partial charge on any atom is 0.316 e. The number of hydrogen-bond acceptors (Lipinski definition) is 3. The number of phenolic OH excluding ortho intramolecular Hbond substituents is 1. The Morgan fingerprint density at radius 1 is 1.05 bits per heavy atom. The molecule has 0 atom stereocenters. The minimum atomic E-state index is -0.647. The zero-order chi connectivity index (χ0) is 15.9. The Kier molecular flexibility index (Phi) is 5.14. The molecule has 0 spiro atoms. The van der Waals surface area contributed by atoms with Crippen molar-refractivity contribution in [3.8, 4) is 5.75 Å². The molecule has 5 heteroatoms. The summed E-state index contributed by atoms with van der Waals surface area (Å²) in [7, 11) is 1.52. The lowest BCUT2D eigenvalue weighted by Gasteiger charge is -2.16. The van der Waals surface area contributed by atoms with Crippen molar-refractivity contribution < 1.29 is 14.7 Å². The Bertz CT molecular complexity index is 639. The first-order chi connectivity index (χ1) is 10.6. The third-order valence-corrected chi connectivity index (χ3v) is 3.28. The first kappa shape index (κ1) is 15.6. The molecular weight excluding hydrogens is 280 g/mol. The first-order valence-electron chi connectivity index (χ1n) is 6.97. The Labute approximate surface area is 129 Å². The van der Waals surface area contributed by atoms with Crippen molar-refractivity contribution in [3.05, 3.63) is 60.2 Å². The Morgan fingerprint density at radius 3 is 2.32 bits per heavy atom. The normalized spacial score (nSPS) is 10.0. The van der Waals surface area contributed by atoms with Gasteiger partial charge in [-0.1, -0.05) is 30.3 Å². The number of nitrogens with one attached hydrogen (secondary N) is 1. The van der Waals surface area contributed by atoms with Gasteiger partial charge < -0.3 is 15.3 Å². The van der Waals surface area contributed by atoms with E-state index in [9.17, 15) is 14.7 Å². The van der Waals surface area contributed by atoms with E-state index >= 15 is 0 Å². The van der Waals surface area contributed by atoms with Crippen LogP contribution in [0.5, 0.6) is 5.75 Å². The van der Waals surface area contributed by atoms with Gasteiger partial charge in [-0.3, -0.25) is 9.59 Å². The molecule has 0 saturated heterocycles. The summed E-state index contributed by atoms with van der Waals surface area (Å²) in [5, 5.41) is 11.8. The van der Waals surface area contributed by atoms with Crippen LogP contribution in [-0.4, -0.2) is 30.5 Å². The van der Waals surface area contributed by atoms with Crippen LogP contribution in [0.15, 0.2) is 54.6 Å². The molecule has 0 saturated carbocycles. The molecule has 0 unspecified atom stereocenters. The third kappa shape index (κ3) is 4.09. The fourth-order valence-corrected chi connectivity index (χ4v) is 1.99. The van der Waals surface area contributed by atoms with Gasteiger partial charge in [-0.25, -0.2) is 0 Å². The van der Waals surface area contributed by atoms with E-state index in [0.29, 0.717) is 18.7 Å². The van der Waals surface area contributed by atoms with E-state index in [-0.39, 0.29) is 5.75 Å². The molecule has 0 aliphatic heterocycles. The van der Waals surface area contributed by atoms with Gasteiger partial charge in [0, 0.05) is 19.3 Å². The van der Waals surface area contributed by atoms with E-state index in [1.165, 1.54) is 24.1 Å². The summed E-state index contributed by atoms with van der Waals surface area (Å²) in [6.07, 6.45) is 0.669. The van der Waals surface area contributed by atoms with E-state index in [1.807, 2.05) is 30.3 Å². The predicted molar refractivity (Wildman–Crippen MR) is 84.7 cm³/mol. The minimum absolute atomic E-state index is 0.108. The van der Waals surface area contributed by atoms with E-state index in [4.69, 9.17) is 0 Å². The second-order valence-electron chi connectivity index (χ2n) is 4.87. The first-order valence-corrected chi connectivity index (χ1v) is 6.97. The Balaban J connectivity index is 1.86. The minimum Gasteiger partial charge on any atom is -0.508 e. The zero-order valence-corrected chi connectivity index (χ0v) is 12.3. The van der Waals surface area contributed by atoms with Crippen molar-refractivity contribution >= 4 is 17.5 Å². The number of benzene rings is 2. The van der Waals surface area contributed by atoms with Crippen molar-refractivity contribution in [1.82, 2.24) is 5.32 Å². The lowest BCUT2D eigenvalue weighted by molar-refractivity contribution is -0.137. The summed E-state index contributed by atoms with van der Waals surface area (Å²) >= 11 is 0. The molecule has 0 aromatic heterocycles. The Hall–Kier alpha value is -2.82. The number of rotatable bonds is 4. The summed E-state index contributed by atoms with van der Waals surface area (Å²) in [5.41, 5.74) is 1.64. The van der Waals surface area contributed by atoms with E-state index in [1.54, 1.807) is 12.1 Å². The number of likely N-dealkylation sites (N-methyl/N-ethyl adjacent to an activating group) is 1. The van der Waals surface area contributed by atoms with Gasteiger partial charge in [0.05, 0.1) is 0 Å². The van der Waals surface area contributed by atoms with Crippen LogP contribution in [0.1, 0.15) is 5.56 Å². The molecule has 114 valence electrons. The van der Waals surface area contributed by atoms with E-state index in [2.05, 4.69) is 5.32 Å². The fourth-order valence-electron chi connectivity index (χ4n) is 1.99. The molecule has 0 radical (unpaired) electrons. The van der Waals surface area contributed by atoms with Crippen LogP contribution in [0.3, 0.4) is 0 Å². The molecule has 22 heavy (non-hydrogen) atoms. The molecule has 2 rings (SSSR count). The lowest BCUT2D eigenvalue weighted by atomic mass is 10.1. The quantitative estimate of drug-likeness (QED) is 0.844. The number of hydrogen-bond donors (Lipinski definition) is 2. The van der Waals surface area contributed by atoms with E-state index in [0.717, 1.165) is 5.56 Å². The number of amides is 2. The highest BCUT2D eigenvalue weighted by Gasteiger charge is 2.19. The van der Waals surface area contributed by atoms with Gasteiger partial charge >= 0.3 is 11.8 Å². The molecule has 0 aliphatic carbocycles. The molecule has 2 N–H and O–H groups in total. The van der Waals surface area contributed by atoms with Gasteiger partial charge in [0.15, 0.2) is 0 Å². The second-order valence-corrected chi connectivity index (χ2v) is 4.87. The highest BCUT2D eigenvalue weighted by Crippen LogP contribution is 2.17. The van der Waals surface area contributed by atoms with Crippen LogP contribution in [0.4, 0.5) is 5.69 Å². The zero-order valence-electron chi connectivity index (χ0n) is 12.3. The maximum absolute atomic E-state index is 12.0. The number of anilines is 1. The lowest BCUT2D eigenvalue weighted by Crippen LogP contribution is -2.41. The van der Waals surface area contributed by atoms with Crippen LogP contribution in [0.25, 0.3) is 0 Å². The number of nitrogens with zero attached hydrogens (tertiary/aromatic N) is 1. The van der Waals surface area contributed by atoms with Crippen molar-refractivity contribution in [2.45, 2.75) is 6.42 Å². The molecule has 2 aromatic carbocycles. The molecule has 2 aromatic rings. The van der Waals surface area contributed by atoms with Crippen LogP contribution >= 0.6 is 0 Å². The molecular formula is C17H18N2O3. The second kappa shape index (κ2) is 7.26. The summed E-state index contributed by atoms with van der Waals surface area (Å²) in [6.45, 7) is 0.401. The van der Waals surface area contributed by atoms with Crippen LogP contribution in [0.2, 0.25) is 0 Å². The standard InChI is InChI=1S/C17H18N2O3/c1-19(14-7-9-15(20)10-8-14)17(22)16(21)18-12-11-13-5-3-2-4-6-13/h2-10,20H,11-12H2,1H3,(H,18,21). The molecule has 2 amide bonds. The van der Waals surface area contributed by atoms with Crippen molar-refractivity contribution in [2.24, 2.45) is 0 Å². The molecule has 0 bridgehead atoms. The smallest absolute Gasteiger partial charge is 0.316 e. The highest BCUT2D eigenvalue weighted by atomic mass is 16.3. The number of carbonyl (C=O) groups excluding carboxylic acids is 2. The van der Waals surface area contributed by atoms with Gasteiger partial charge in [-0.15, -0.1) is 0 Å². The average molecular weight is 298 g/mol. The van der Waals surface area contributed by atoms with Crippen LogP contribution in [-0.2, 0) is 16.0 Å². The van der Waals surface area contributed by atoms with Crippen molar-refractivity contribution in [1.29, 1.82) is 0 Å². The van der Waals surface area contributed by atoms with Gasteiger partial charge in [0.2, 0.25) is 0 Å². The van der Waals surface area contributed by atoms with Crippen LogP contribution in [0, 0.1) is 0 Å². The molecule has 0 fully saturated rings. The topological polar surface area (TPSA) is 69.6 Å². The number of phenols is 1. The monoisotopic (exact) mass is 298 g/mol. The van der Waals surface area contributed by atoms with Gasteiger partial charge in [-0.2, -0.15) is 0 Å². The number of carbonyl (C=O) groups is 2. The largest absolute Gasteiger partial charge is 0.508 e. The summed E-state index contributed by atoms with van der Waals surface area (Å²) < 4.78 is 0. The van der Waals surface area contributed by atoms with Crippen molar-refractivity contribution in [3.63, 3.8) is 0 Å². The maximum atomic E-state index is 12.0. The summed E-state index contributed by atoms with van der Waals surface area (Å²) in [5.74, 6) is -1.18. The average Bonchev–Trinajstić information content (AvgIpc) is 2.55. The van der Waals surface area contributed by atoms with E-state index < -0.39 is 11.8 Å². The highest BCUT2D eigenvalue weighted by molar-refractivity contribution is 6.40. The Morgan fingerprint density at radius 2 is 1.68 bits per heavy atom. The molecule has 0 heterocycles. The SMILES string of the molecule is CN(C(=O)C(=O)NCCc1ccccc1)c1ccc(O)cc1. The molecule has 5 nitrogen and oxygen atoms in total. The van der Waals surface area contributed by atoms with Gasteiger partial charge in [0.1, 0.15) is 5.75 Å². The number of aromatic hydroxyl groups is 1. The summed E-state index contributed by atoms with van der Waals surface area (Å²) in [6, 6.07) is 15.8. The van der Waals surface area contributed by atoms with Gasteiger partial charge in [-0.05, 0) is 36.2 Å². The summed E-state index contributed by atoms with van der Waals surface area (Å²) in [4.78, 5) is 25.1. The van der Waals surface area contributed by atoms with Crippen molar-refractivity contribution in [2.75, 3.05) is 18.5 Å². The molecule has 0 aliphatic rings.